The molecule has 1 fully saturated rings. The molecular formula is C19H31NO. The Labute approximate surface area is 130 Å². The first-order valence-corrected chi connectivity index (χ1v) is 8.61. The molecule has 0 amide bonds. The molecule has 0 atom stereocenters. The highest BCUT2D eigenvalue weighted by atomic mass is 16.5. The second kappa shape index (κ2) is 7.84. The molecule has 1 aromatic rings. The molecule has 0 bridgehead atoms. The number of nitrogens with two attached hydrogens (primary N) is 1. The highest BCUT2D eigenvalue weighted by molar-refractivity contribution is 5.37. The molecule has 0 spiro atoms. The first kappa shape index (κ1) is 16.4. The molecule has 1 saturated carbocycles. The standard InChI is InChI=1S/C19H31NO/c1-3-21-18-8-7-16(2)15-17(18)9-12-19(13-14-20)10-5-4-6-11-19/h7-8,15H,3-6,9-14,20H2,1-2H3. The van der Waals surface area contributed by atoms with Crippen LogP contribution in [0.2, 0.25) is 0 Å². The van der Waals surface area contributed by atoms with Crippen molar-refractivity contribution in [1.82, 2.24) is 0 Å². The summed E-state index contributed by atoms with van der Waals surface area (Å²) in [6, 6.07) is 6.57. The van der Waals surface area contributed by atoms with E-state index < -0.39 is 0 Å². The van der Waals surface area contributed by atoms with E-state index in [2.05, 4.69) is 32.0 Å². The third kappa shape index (κ3) is 4.47. The van der Waals surface area contributed by atoms with Crippen LogP contribution in [0.15, 0.2) is 18.2 Å². The van der Waals surface area contributed by atoms with E-state index >= 15 is 0 Å². The van der Waals surface area contributed by atoms with Gasteiger partial charge in [0.2, 0.25) is 0 Å². The van der Waals surface area contributed by atoms with E-state index in [0.29, 0.717) is 5.41 Å². The Morgan fingerprint density at radius 3 is 2.57 bits per heavy atom. The molecule has 1 aromatic carbocycles. The normalized spacial score (nSPS) is 17.7. The van der Waals surface area contributed by atoms with Gasteiger partial charge in [-0.25, -0.2) is 0 Å². The van der Waals surface area contributed by atoms with Gasteiger partial charge in [0.1, 0.15) is 5.75 Å². The van der Waals surface area contributed by atoms with Crippen molar-refractivity contribution < 1.29 is 4.74 Å². The second-order valence-corrected chi connectivity index (χ2v) is 6.64. The fourth-order valence-electron chi connectivity index (χ4n) is 3.83. The largest absolute Gasteiger partial charge is 0.494 e. The summed E-state index contributed by atoms with van der Waals surface area (Å²) in [7, 11) is 0. The van der Waals surface area contributed by atoms with Gasteiger partial charge in [-0.15, -0.1) is 0 Å². The van der Waals surface area contributed by atoms with Crippen LogP contribution in [0.25, 0.3) is 0 Å². The van der Waals surface area contributed by atoms with Crippen LogP contribution >= 0.6 is 0 Å². The van der Waals surface area contributed by atoms with Crippen LogP contribution in [0, 0.1) is 12.3 Å². The van der Waals surface area contributed by atoms with Crippen LogP contribution in [0.5, 0.6) is 5.75 Å². The van der Waals surface area contributed by atoms with E-state index in [1.165, 1.54) is 56.1 Å². The lowest BCUT2D eigenvalue weighted by Crippen LogP contribution is -2.28. The summed E-state index contributed by atoms with van der Waals surface area (Å²) in [5, 5.41) is 0. The topological polar surface area (TPSA) is 35.2 Å². The number of hydrogen-bond donors (Lipinski definition) is 1. The Morgan fingerprint density at radius 2 is 1.90 bits per heavy atom. The van der Waals surface area contributed by atoms with Crippen LogP contribution in [0.3, 0.4) is 0 Å². The smallest absolute Gasteiger partial charge is 0.122 e. The Balaban J connectivity index is 2.07. The van der Waals surface area contributed by atoms with Crippen molar-refractivity contribution in [2.45, 2.75) is 65.2 Å². The maximum Gasteiger partial charge on any atom is 0.122 e. The maximum absolute atomic E-state index is 5.89. The fourth-order valence-corrected chi connectivity index (χ4v) is 3.83. The Hall–Kier alpha value is -1.02. The molecule has 2 N–H and O–H groups in total. The van der Waals surface area contributed by atoms with Gasteiger partial charge in [-0.1, -0.05) is 37.0 Å². The lowest BCUT2D eigenvalue weighted by atomic mass is 9.68. The Morgan fingerprint density at radius 1 is 1.14 bits per heavy atom. The van der Waals surface area contributed by atoms with Crippen molar-refractivity contribution in [2.75, 3.05) is 13.2 Å². The highest BCUT2D eigenvalue weighted by Gasteiger charge is 2.30. The minimum absolute atomic E-state index is 0.486. The van der Waals surface area contributed by atoms with E-state index in [1.54, 1.807) is 0 Å². The molecule has 0 unspecified atom stereocenters. The molecule has 0 aliphatic heterocycles. The zero-order valence-electron chi connectivity index (χ0n) is 13.8. The average molecular weight is 289 g/mol. The number of aryl methyl sites for hydroxylation is 2. The summed E-state index contributed by atoms with van der Waals surface area (Å²) in [5.74, 6) is 1.07. The third-order valence-corrected chi connectivity index (χ3v) is 5.03. The SMILES string of the molecule is CCOc1ccc(C)cc1CCC1(CCN)CCCCC1. The van der Waals surface area contributed by atoms with Gasteiger partial charge in [0, 0.05) is 0 Å². The summed E-state index contributed by atoms with van der Waals surface area (Å²) in [6.45, 7) is 5.78. The molecule has 0 heterocycles. The predicted octanol–water partition coefficient (Wildman–Crippen LogP) is 4.63. The molecule has 2 nitrogen and oxygen atoms in total. The second-order valence-electron chi connectivity index (χ2n) is 6.64. The van der Waals surface area contributed by atoms with Crippen molar-refractivity contribution in [2.24, 2.45) is 11.1 Å². The van der Waals surface area contributed by atoms with Gasteiger partial charge in [-0.3, -0.25) is 0 Å². The molecule has 1 aliphatic carbocycles. The van der Waals surface area contributed by atoms with Crippen LogP contribution in [0.1, 0.15) is 63.0 Å². The fraction of sp³-hybridized carbons (Fsp3) is 0.684. The zero-order chi connectivity index (χ0) is 15.1. The van der Waals surface area contributed by atoms with Crippen molar-refractivity contribution >= 4 is 0 Å². The number of hydrogen-bond acceptors (Lipinski definition) is 2. The summed E-state index contributed by atoms with van der Waals surface area (Å²) < 4.78 is 5.80. The van der Waals surface area contributed by atoms with Gasteiger partial charge in [0.15, 0.2) is 0 Å². The van der Waals surface area contributed by atoms with Gasteiger partial charge in [-0.05, 0) is 69.5 Å². The lowest BCUT2D eigenvalue weighted by Gasteiger charge is -2.37. The summed E-state index contributed by atoms with van der Waals surface area (Å²) >= 11 is 0. The van der Waals surface area contributed by atoms with E-state index in [-0.39, 0.29) is 0 Å². The quantitative estimate of drug-likeness (QED) is 0.794. The van der Waals surface area contributed by atoms with E-state index in [1.807, 2.05) is 0 Å². The monoisotopic (exact) mass is 289 g/mol. The molecule has 0 saturated heterocycles. The lowest BCUT2D eigenvalue weighted by molar-refractivity contribution is 0.160. The van der Waals surface area contributed by atoms with E-state index in [4.69, 9.17) is 10.5 Å². The Kier molecular flexibility index (Phi) is 6.10. The van der Waals surface area contributed by atoms with Crippen LogP contribution in [0.4, 0.5) is 0 Å². The highest BCUT2D eigenvalue weighted by Crippen LogP contribution is 2.43. The van der Waals surface area contributed by atoms with Gasteiger partial charge in [0.05, 0.1) is 6.61 Å². The van der Waals surface area contributed by atoms with Crippen LogP contribution < -0.4 is 10.5 Å². The number of rotatable bonds is 7. The van der Waals surface area contributed by atoms with Gasteiger partial charge in [-0.2, -0.15) is 0 Å². The minimum atomic E-state index is 0.486. The third-order valence-electron chi connectivity index (χ3n) is 5.03. The molecule has 0 aromatic heterocycles. The van der Waals surface area contributed by atoms with E-state index in [0.717, 1.165) is 25.3 Å². The van der Waals surface area contributed by atoms with Gasteiger partial charge >= 0.3 is 0 Å². The van der Waals surface area contributed by atoms with Gasteiger partial charge in [0.25, 0.3) is 0 Å². The maximum atomic E-state index is 5.89. The first-order valence-electron chi connectivity index (χ1n) is 8.61. The van der Waals surface area contributed by atoms with Crippen molar-refractivity contribution in [3.8, 4) is 5.75 Å². The molecule has 0 radical (unpaired) electrons. The number of benzene rings is 1. The summed E-state index contributed by atoms with van der Waals surface area (Å²) in [5.41, 5.74) is 9.07. The summed E-state index contributed by atoms with van der Waals surface area (Å²) in [4.78, 5) is 0. The van der Waals surface area contributed by atoms with Crippen molar-refractivity contribution in [1.29, 1.82) is 0 Å². The van der Waals surface area contributed by atoms with E-state index in [9.17, 15) is 0 Å². The van der Waals surface area contributed by atoms with Crippen LogP contribution in [-0.4, -0.2) is 13.2 Å². The minimum Gasteiger partial charge on any atom is -0.494 e. The summed E-state index contributed by atoms with van der Waals surface area (Å²) in [6.07, 6.45) is 10.5. The molecule has 2 heteroatoms. The average Bonchev–Trinajstić information content (AvgIpc) is 2.49. The Bertz CT molecular complexity index is 430. The van der Waals surface area contributed by atoms with Crippen molar-refractivity contribution in [3.05, 3.63) is 29.3 Å². The van der Waals surface area contributed by atoms with Crippen LogP contribution in [-0.2, 0) is 6.42 Å². The predicted molar refractivity (Wildman–Crippen MR) is 89.9 cm³/mol. The first-order chi connectivity index (χ1) is 10.2. The molecule has 2 rings (SSSR count). The molecule has 21 heavy (non-hydrogen) atoms. The molecule has 1 aliphatic rings. The molecule has 118 valence electrons. The van der Waals surface area contributed by atoms with Crippen molar-refractivity contribution in [3.63, 3.8) is 0 Å². The zero-order valence-corrected chi connectivity index (χ0v) is 13.8. The van der Waals surface area contributed by atoms with Gasteiger partial charge < -0.3 is 10.5 Å². The number of ether oxygens (including phenoxy) is 1. The molecular weight excluding hydrogens is 258 g/mol.